The van der Waals surface area contributed by atoms with Crippen molar-refractivity contribution in [3.63, 3.8) is 0 Å². The average molecular weight is 282 g/mol. The summed E-state index contributed by atoms with van der Waals surface area (Å²) in [5.41, 5.74) is 9.02. The van der Waals surface area contributed by atoms with E-state index in [-0.39, 0.29) is 0 Å². The van der Waals surface area contributed by atoms with Gasteiger partial charge in [-0.3, -0.25) is 0 Å². The van der Waals surface area contributed by atoms with Gasteiger partial charge >= 0.3 is 0 Å². The second kappa shape index (κ2) is 8.65. The highest BCUT2D eigenvalue weighted by Crippen LogP contribution is 2.37. The maximum Gasteiger partial charge on any atom is 0.0139 e. The van der Waals surface area contributed by atoms with Crippen molar-refractivity contribution in [2.45, 2.75) is 64.2 Å². The lowest BCUT2D eigenvalue weighted by atomic mass is 9.89. The summed E-state index contributed by atoms with van der Waals surface area (Å²) in [6.45, 7) is 13.7. The van der Waals surface area contributed by atoms with Crippen LogP contribution in [-0.4, -0.2) is 13.3 Å². The molecule has 0 radical (unpaired) electrons. The van der Waals surface area contributed by atoms with Crippen LogP contribution in [0, 0.1) is 0 Å². The number of rotatable bonds is 4. The van der Waals surface area contributed by atoms with Gasteiger partial charge in [-0.1, -0.05) is 53.7 Å². The standard InChI is InChI=1S/C16H26S.CH5N/c1-10(2)13-8-14(11(3)4)16(17-7)15(9-13)12(5)6;1-2/h8-12H,1-7H3;2H2,1H3. The van der Waals surface area contributed by atoms with E-state index in [0.717, 1.165) is 0 Å². The van der Waals surface area contributed by atoms with Crippen LogP contribution in [0.1, 0.15) is 76.0 Å². The van der Waals surface area contributed by atoms with Gasteiger partial charge in [0.1, 0.15) is 0 Å². The normalized spacial score (nSPS) is 10.9. The average Bonchev–Trinajstić information content (AvgIpc) is 2.38. The molecule has 0 atom stereocenters. The molecule has 19 heavy (non-hydrogen) atoms. The Kier molecular flexibility index (Phi) is 8.44. The fraction of sp³-hybridized carbons (Fsp3) is 0.647. The van der Waals surface area contributed by atoms with Crippen molar-refractivity contribution in [3.8, 4) is 0 Å². The summed E-state index contributed by atoms with van der Waals surface area (Å²) >= 11 is 1.90. The third-order valence-electron chi connectivity index (χ3n) is 3.28. The Hall–Kier alpha value is -0.470. The smallest absolute Gasteiger partial charge is 0.0139 e. The maximum atomic E-state index is 4.50. The van der Waals surface area contributed by atoms with Gasteiger partial charge in [0.2, 0.25) is 0 Å². The van der Waals surface area contributed by atoms with E-state index in [9.17, 15) is 0 Å². The zero-order chi connectivity index (χ0) is 15.2. The minimum Gasteiger partial charge on any atom is -0.333 e. The van der Waals surface area contributed by atoms with Crippen LogP contribution in [0.2, 0.25) is 0 Å². The quantitative estimate of drug-likeness (QED) is 0.752. The van der Waals surface area contributed by atoms with Gasteiger partial charge < -0.3 is 5.73 Å². The van der Waals surface area contributed by atoms with Crippen LogP contribution in [0.4, 0.5) is 0 Å². The minimum atomic E-state index is 0.605. The van der Waals surface area contributed by atoms with E-state index >= 15 is 0 Å². The van der Waals surface area contributed by atoms with Gasteiger partial charge in [-0.2, -0.15) is 0 Å². The van der Waals surface area contributed by atoms with Crippen LogP contribution in [0.25, 0.3) is 0 Å². The van der Waals surface area contributed by atoms with Crippen molar-refractivity contribution in [1.82, 2.24) is 0 Å². The number of benzene rings is 1. The van der Waals surface area contributed by atoms with Crippen molar-refractivity contribution in [1.29, 1.82) is 0 Å². The lowest BCUT2D eigenvalue weighted by Crippen LogP contribution is -2.02. The van der Waals surface area contributed by atoms with Crippen LogP contribution in [0.15, 0.2) is 17.0 Å². The SMILES string of the molecule is CN.CSc1c(C(C)C)cc(C(C)C)cc1C(C)C. The molecule has 0 aromatic heterocycles. The fourth-order valence-corrected chi connectivity index (χ4v) is 3.19. The van der Waals surface area contributed by atoms with Crippen molar-refractivity contribution in [2.75, 3.05) is 13.3 Å². The van der Waals surface area contributed by atoms with Crippen molar-refractivity contribution in [3.05, 3.63) is 28.8 Å². The first-order valence-corrected chi connectivity index (χ1v) is 8.40. The molecular formula is C17H31NS. The molecule has 0 aliphatic carbocycles. The van der Waals surface area contributed by atoms with Crippen molar-refractivity contribution < 1.29 is 0 Å². The summed E-state index contributed by atoms with van der Waals surface area (Å²) in [4.78, 5) is 1.50. The molecule has 1 rings (SSSR count). The van der Waals surface area contributed by atoms with Gasteiger partial charge in [-0.15, -0.1) is 11.8 Å². The highest BCUT2D eigenvalue weighted by atomic mass is 32.2. The molecule has 0 saturated carbocycles. The predicted octanol–water partition coefficient (Wildman–Crippen LogP) is 5.35. The van der Waals surface area contributed by atoms with Crippen molar-refractivity contribution >= 4 is 11.8 Å². The second-order valence-corrected chi connectivity index (χ2v) is 6.51. The fourth-order valence-electron chi connectivity index (χ4n) is 2.13. The first-order chi connectivity index (χ1) is 8.88. The van der Waals surface area contributed by atoms with Crippen LogP contribution < -0.4 is 5.73 Å². The molecule has 0 spiro atoms. The van der Waals surface area contributed by atoms with Crippen LogP contribution >= 0.6 is 11.8 Å². The largest absolute Gasteiger partial charge is 0.333 e. The number of hydrogen-bond acceptors (Lipinski definition) is 2. The molecule has 1 aromatic carbocycles. The Morgan fingerprint density at radius 1 is 0.789 bits per heavy atom. The molecule has 110 valence electrons. The molecule has 2 heteroatoms. The molecule has 0 unspecified atom stereocenters. The molecule has 0 fully saturated rings. The molecule has 0 saturated heterocycles. The minimum absolute atomic E-state index is 0.605. The molecule has 0 heterocycles. The van der Waals surface area contributed by atoms with E-state index in [2.05, 4.69) is 65.7 Å². The van der Waals surface area contributed by atoms with Crippen LogP contribution in [-0.2, 0) is 0 Å². The monoisotopic (exact) mass is 281 g/mol. The third kappa shape index (κ3) is 4.85. The van der Waals surface area contributed by atoms with Crippen LogP contribution in [0.3, 0.4) is 0 Å². The van der Waals surface area contributed by atoms with Crippen molar-refractivity contribution in [2.24, 2.45) is 5.73 Å². The molecule has 1 nitrogen and oxygen atoms in total. The summed E-state index contributed by atoms with van der Waals surface area (Å²) in [5.74, 6) is 1.82. The van der Waals surface area contributed by atoms with Gasteiger partial charge in [0, 0.05) is 4.90 Å². The molecule has 2 N–H and O–H groups in total. The Bertz CT molecular complexity index is 352. The summed E-state index contributed by atoms with van der Waals surface area (Å²) < 4.78 is 0. The van der Waals surface area contributed by atoms with Crippen LogP contribution in [0.5, 0.6) is 0 Å². The third-order valence-corrected chi connectivity index (χ3v) is 4.16. The Morgan fingerprint density at radius 2 is 1.16 bits per heavy atom. The van der Waals surface area contributed by atoms with Gasteiger partial charge in [0.25, 0.3) is 0 Å². The number of nitrogens with two attached hydrogens (primary N) is 1. The van der Waals surface area contributed by atoms with E-state index in [4.69, 9.17) is 0 Å². The number of hydrogen-bond donors (Lipinski definition) is 1. The summed E-state index contributed by atoms with van der Waals surface area (Å²) in [5, 5.41) is 0. The van der Waals surface area contributed by atoms with E-state index in [1.54, 1.807) is 0 Å². The van der Waals surface area contributed by atoms with E-state index in [0.29, 0.717) is 17.8 Å². The highest BCUT2D eigenvalue weighted by Gasteiger charge is 2.16. The van der Waals surface area contributed by atoms with Gasteiger partial charge in [-0.25, -0.2) is 0 Å². The number of thioether (sulfide) groups is 1. The highest BCUT2D eigenvalue weighted by molar-refractivity contribution is 7.98. The first-order valence-electron chi connectivity index (χ1n) is 7.17. The predicted molar refractivity (Wildman–Crippen MR) is 90.6 cm³/mol. The van der Waals surface area contributed by atoms with Gasteiger partial charge in [0.05, 0.1) is 0 Å². The Balaban J connectivity index is 0.00000154. The Labute approximate surface area is 124 Å². The van der Waals surface area contributed by atoms with Gasteiger partial charge in [-0.05, 0) is 47.7 Å². The topological polar surface area (TPSA) is 26.0 Å². The zero-order valence-electron chi connectivity index (χ0n) is 13.9. The first kappa shape index (κ1) is 18.5. The summed E-state index contributed by atoms with van der Waals surface area (Å²) in [6.07, 6.45) is 2.20. The lowest BCUT2D eigenvalue weighted by molar-refractivity contribution is 0.772. The molecule has 1 aromatic rings. The Morgan fingerprint density at radius 3 is 1.37 bits per heavy atom. The molecular weight excluding hydrogens is 250 g/mol. The van der Waals surface area contributed by atoms with Gasteiger partial charge in [0.15, 0.2) is 0 Å². The maximum absolute atomic E-state index is 4.50. The molecule has 0 bridgehead atoms. The van der Waals surface area contributed by atoms with E-state index < -0.39 is 0 Å². The molecule has 0 aliphatic heterocycles. The summed E-state index contributed by atoms with van der Waals surface area (Å²) in [7, 11) is 1.50. The molecule has 0 amide bonds. The van der Waals surface area contributed by atoms with E-state index in [1.807, 2.05) is 11.8 Å². The lowest BCUT2D eigenvalue weighted by Gasteiger charge is -2.21. The van der Waals surface area contributed by atoms with E-state index in [1.165, 1.54) is 28.6 Å². The second-order valence-electron chi connectivity index (χ2n) is 5.70. The molecule has 0 aliphatic rings. The summed E-state index contributed by atoms with van der Waals surface area (Å²) in [6, 6.07) is 4.82. The zero-order valence-corrected chi connectivity index (χ0v) is 14.7.